The number of aliphatic carboxylic acids is 1. The van der Waals surface area contributed by atoms with Crippen molar-refractivity contribution in [3.63, 3.8) is 0 Å². The average molecular weight is 190 g/mol. The van der Waals surface area contributed by atoms with E-state index in [0.29, 0.717) is 0 Å². The van der Waals surface area contributed by atoms with E-state index in [0.717, 1.165) is 0 Å². The van der Waals surface area contributed by atoms with Crippen LogP contribution in [0.25, 0.3) is 0 Å². The minimum Gasteiger partial charge on any atom is -0.478 e. The van der Waals surface area contributed by atoms with Gasteiger partial charge in [0.1, 0.15) is 0 Å². The van der Waals surface area contributed by atoms with Gasteiger partial charge in [0.25, 0.3) is 0 Å². The van der Waals surface area contributed by atoms with Gasteiger partial charge in [-0.25, -0.2) is 4.79 Å². The van der Waals surface area contributed by atoms with Crippen LogP contribution in [0.4, 0.5) is 0 Å². The van der Waals surface area contributed by atoms with E-state index in [2.05, 4.69) is 0 Å². The lowest BCUT2D eigenvalue weighted by Crippen LogP contribution is -2.59. The standard InChI is InChI=1S/C7H14N2O4/c1-4(2)7(13,6(11)12)9-5(10)3-8/h4,13H,3,8H2,1-2H3,(H,9,10)(H,11,12). The molecule has 0 aromatic rings. The summed E-state index contributed by atoms with van der Waals surface area (Å²) >= 11 is 0. The highest BCUT2D eigenvalue weighted by Crippen LogP contribution is 2.13. The molecule has 1 unspecified atom stereocenters. The molecule has 0 saturated carbocycles. The van der Waals surface area contributed by atoms with E-state index in [1.807, 2.05) is 5.32 Å². The second-order valence-electron chi connectivity index (χ2n) is 2.98. The third-order valence-electron chi connectivity index (χ3n) is 1.68. The number of carboxylic acid groups (broad SMARTS) is 1. The number of carbonyl (C=O) groups is 2. The van der Waals surface area contributed by atoms with Gasteiger partial charge in [0.05, 0.1) is 6.54 Å². The topological polar surface area (TPSA) is 113 Å². The van der Waals surface area contributed by atoms with Crippen LogP contribution < -0.4 is 11.1 Å². The fourth-order valence-corrected chi connectivity index (χ4v) is 0.708. The van der Waals surface area contributed by atoms with E-state index in [4.69, 9.17) is 10.8 Å². The van der Waals surface area contributed by atoms with Crippen molar-refractivity contribution in [3.8, 4) is 0 Å². The van der Waals surface area contributed by atoms with Gasteiger partial charge >= 0.3 is 5.97 Å². The summed E-state index contributed by atoms with van der Waals surface area (Å²) in [5, 5.41) is 20.1. The Morgan fingerprint density at radius 2 is 2.00 bits per heavy atom. The molecular weight excluding hydrogens is 176 g/mol. The lowest BCUT2D eigenvalue weighted by Gasteiger charge is -2.27. The van der Waals surface area contributed by atoms with E-state index in [1.54, 1.807) is 0 Å². The summed E-state index contributed by atoms with van der Waals surface area (Å²) in [5.41, 5.74) is 2.72. The first-order valence-electron chi connectivity index (χ1n) is 3.81. The number of nitrogens with two attached hydrogens (primary N) is 1. The van der Waals surface area contributed by atoms with Crippen LogP contribution in [0.15, 0.2) is 0 Å². The number of carboxylic acids is 1. The third-order valence-corrected chi connectivity index (χ3v) is 1.68. The molecule has 0 aliphatic carbocycles. The average Bonchev–Trinajstić information content (AvgIpc) is 2.03. The highest BCUT2D eigenvalue weighted by Gasteiger charge is 2.40. The van der Waals surface area contributed by atoms with E-state index >= 15 is 0 Å². The van der Waals surface area contributed by atoms with E-state index < -0.39 is 23.5 Å². The quantitative estimate of drug-likeness (QED) is 0.402. The molecule has 0 fully saturated rings. The molecule has 0 aromatic heterocycles. The summed E-state index contributed by atoms with van der Waals surface area (Å²) in [6.07, 6.45) is 0. The van der Waals surface area contributed by atoms with Crippen LogP contribution in [0, 0.1) is 5.92 Å². The fraction of sp³-hybridized carbons (Fsp3) is 0.714. The van der Waals surface area contributed by atoms with Gasteiger partial charge in [0.2, 0.25) is 11.6 Å². The van der Waals surface area contributed by atoms with Crippen molar-refractivity contribution in [1.82, 2.24) is 5.32 Å². The lowest BCUT2D eigenvalue weighted by molar-refractivity contribution is -0.171. The Morgan fingerprint density at radius 3 is 2.23 bits per heavy atom. The van der Waals surface area contributed by atoms with Crippen molar-refractivity contribution in [3.05, 3.63) is 0 Å². The monoisotopic (exact) mass is 190 g/mol. The molecule has 13 heavy (non-hydrogen) atoms. The summed E-state index contributed by atoms with van der Waals surface area (Å²) in [6.45, 7) is 2.60. The number of hydrogen-bond acceptors (Lipinski definition) is 4. The zero-order valence-electron chi connectivity index (χ0n) is 7.57. The van der Waals surface area contributed by atoms with E-state index in [1.165, 1.54) is 13.8 Å². The fourth-order valence-electron chi connectivity index (χ4n) is 0.708. The molecule has 0 aliphatic rings. The van der Waals surface area contributed by atoms with Crippen molar-refractivity contribution in [2.75, 3.05) is 6.54 Å². The zero-order valence-corrected chi connectivity index (χ0v) is 7.57. The Balaban J connectivity index is 4.61. The number of aliphatic hydroxyl groups is 1. The molecule has 0 radical (unpaired) electrons. The van der Waals surface area contributed by atoms with Gasteiger partial charge in [0, 0.05) is 5.92 Å². The van der Waals surface area contributed by atoms with Crippen LogP contribution >= 0.6 is 0 Å². The summed E-state index contributed by atoms with van der Waals surface area (Å²) in [5.74, 6) is -2.84. The number of carbonyl (C=O) groups excluding carboxylic acids is 1. The first-order valence-corrected chi connectivity index (χ1v) is 3.81. The third kappa shape index (κ3) is 2.67. The first kappa shape index (κ1) is 11.9. The van der Waals surface area contributed by atoms with Gasteiger partial charge in [-0.15, -0.1) is 0 Å². The second-order valence-corrected chi connectivity index (χ2v) is 2.98. The zero-order chi connectivity index (χ0) is 10.6. The first-order chi connectivity index (χ1) is 5.84. The largest absolute Gasteiger partial charge is 0.478 e. The summed E-state index contributed by atoms with van der Waals surface area (Å²) in [7, 11) is 0. The van der Waals surface area contributed by atoms with Crippen molar-refractivity contribution in [2.24, 2.45) is 11.7 Å². The molecule has 0 saturated heterocycles. The van der Waals surface area contributed by atoms with Crippen molar-refractivity contribution < 1.29 is 19.8 Å². The molecule has 0 spiro atoms. The molecule has 1 amide bonds. The van der Waals surface area contributed by atoms with Crippen LogP contribution in [0.5, 0.6) is 0 Å². The Kier molecular flexibility index (Phi) is 3.83. The smallest absolute Gasteiger partial charge is 0.357 e. The molecule has 0 bridgehead atoms. The maximum atomic E-state index is 10.8. The van der Waals surface area contributed by atoms with Gasteiger partial charge < -0.3 is 21.3 Å². The molecule has 0 aromatic carbocycles. The molecule has 5 N–H and O–H groups in total. The summed E-state index contributed by atoms with van der Waals surface area (Å²) in [6, 6.07) is 0. The van der Waals surface area contributed by atoms with Crippen LogP contribution in [0.1, 0.15) is 13.8 Å². The summed E-state index contributed by atoms with van der Waals surface area (Å²) < 4.78 is 0. The van der Waals surface area contributed by atoms with Crippen LogP contribution in [-0.4, -0.2) is 34.4 Å². The van der Waals surface area contributed by atoms with Crippen molar-refractivity contribution in [2.45, 2.75) is 19.6 Å². The van der Waals surface area contributed by atoms with Gasteiger partial charge in [-0.1, -0.05) is 13.8 Å². The predicted molar refractivity (Wildman–Crippen MR) is 44.6 cm³/mol. The van der Waals surface area contributed by atoms with Crippen LogP contribution in [-0.2, 0) is 9.59 Å². The second kappa shape index (κ2) is 4.20. The highest BCUT2D eigenvalue weighted by molar-refractivity contribution is 5.86. The minimum absolute atomic E-state index is 0.359. The van der Waals surface area contributed by atoms with Crippen LogP contribution in [0.3, 0.4) is 0 Å². The Morgan fingerprint density at radius 1 is 1.54 bits per heavy atom. The number of amides is 1. The predicted octanol–water partition coefficient (Wildman–Crippen LogP) is -1.51. The van der Waals surface area contributed by atoms with Crippen molar-refractivity contribution in [1.29, 1.82) is 0 Å². The van der Waals surface area contributed by atoms with Crippen LogP contribution in [0.2, 0.25) is 0 Å². The Labute approximate surface area is 75.7 Å². The normalized spacial score (nSPS) is 15.2. The van der Waals surface area contributed by atoms with Crippen molar-refractivity contribution >= 4 is 11.9 Å². The minimum atomic E-state index is -2.24. The highest BCUT2D eigenvalue weighted by atomic mass is 16.4. The molecular formula is C7H14N2O4. The molecule has 6 nitrogen and oxygen atoms in total. The summed E-state index contributed by atoms with van der Waals surface area (Å²) in [4.78, 5) is 21.4. The molecule has 1 atom stereocenters. The Bertz CT molecular complexity index is 217. The maximum absolute atomic E-state index is 10.8. The lowest BCUT2D eigenvalue weighted by atomic mass is 10.00. The number of rotatable bonds is 4. The number of hydrogen-bond donors (Lipinski definition) is 4. The van der Waals surface area contributed by atoms with E-state index in [9.17, 15) is 14.7 Å². The molecule has 0 heterocycles. The SMILES string of the molecule is CC(C)C(O)(NC(=O)CN)C(=O)O. The van der Waals surface area contributed by atoms with Gasteiger partial charge in [-0.3, -0.25) is 4.79 Å². The molecule has 0 aliphatic heterocycles. The van der Waals surface area contributed by atoms with E-state index in [-0.39, 0.29) is 6.54 Å². The Hall–Kier alpha value is -1.14. The molecule has 6 heteroatoms. The molecule has 0 rings (SSSR count). The number of nitrogens with one attached hydrogen (secondary N) is 1. The maximum Gasteiger partial charge on any atom is 0.357 e. The molecule has 76 valence electrons. The van der Waals surface area contributed by atoms with Gasteiger partial charge in [0.15, 0.2) is 0 Å². The van der Waals surface area contributed by atoms with Gasteiger partial charge in [-0.2, -0.15) is 0 Å². The van der Waals surface area contributed by atoms with Gasteiger partial charge in [-0.05, 0) is 0 Å².